The molecule has 17 heavy (non-hydrogen) atoms. The number of carbonyl (C=O) groups is 1. The summed E-state index contributed by atoms with van der Waals surface area (Å²) in [6.07, 6.45) is 2.77. The van der Waals surface area contributed by atoms with E-state index in [9.17, 15) is 4.79 Å². The largest absolute Gasteiger partial charge is 0.469 e. The van der Waals surface area contributed by atoms with E-state index in [1.165, 1.54) is 18.2 Å². The summed E-state index contributed by atoms with van der Waals surface area (Å²) in [6.45, 7) is 4.44. The molecule has 2 rings (SSSR count). The third kappa shape index (κ3) is 2.08. The second-order valence-electron chi connectivity index (χ2n) is 5.20. The normalized spacial score (nSPS) is 27.4. The molecule has 0 aliphatic heterocycles. The van der Waals surface area contributed by atoms with E-state index >= 15 is 0 Å². The molecule has 0 fully saturated rings. The molecule has 1 aromatic rings. The topological polar surface area (TPSA) is 26.3 Å². The Kier molecular flexibility index (Phi) is 3.23. The third-order valence-corrected chi connectivity index (χ3v) is 4.15. The maximum absolute atomic E-state index is 11.8. The van der Waals surface area contributed by atoms with Crippen LogP contribution in [0.2, 0.25) is 0 Å². The molecule has 92 valence electrons. The van der Waals surface area contributed by atoms with E-state index in [0.29, 0.717) is 0 Å². The fourth-order valence-corrected chi connectivity index (χ4v) is 2.95. The Balaban J connectivity index is 2.40. The number of carbonyl (C=O) groups excluding carboxylic acids is 1. The summed E-state index contributed by atoms with van der Waals surface area (Å²) in [4.78, 5) is 11.8. The van der Waals surface area contributed by atoms with Crippen molar-refractivity contribution in [3.05, 3.63) is 35.4 Å². The van der Waals surface area contributed by atoms with Crippen molar-refractivity contribution in [2.24, 2.45) is 5.92 Å². The lowest BCUT2D eigenvalue weighted by Crippen LogP contribution is -2.35. The minimum absolute atomic E-state index is 0.0137. The van der Waals surface area contributed by atoms with Crippen molar-refractivity contribution in [2.75, 3.05) is 7.11 Å². The lowest BCUT2D eigenvalue weighted by molar-refractivity contribution is -0.146. The van der Waals surface area contributed by atoms with Crippen LogP contribution >= 0.6 is 0 Å². The average Bonchev–Trinajstić information content (AvgIpc) is 2.37. The summed E-state index contributed by atoms with van der Waals surface area (Å²) in [6, 6.07) is 8.48. The van der Waals surface area contributed by atoms with E-state index < -0.39 is 0 Å². The Hall–Kier alpha value is -1.31. The number of fused-ring (bicyclic) bond motifs is 1. The van der Waals surface area contributed by atoms with E-state index in [0.717, 1.165) is 19.3 Å². The van der Waals surface area contributed by atoms with E-state index in [-0.39, 0.29) is 17.3 Å². The van der Waals surface area contributed by atoms with E-state index in [1.54, 1.807) is 0 Å². The summed E-state index contributed by atoms with van der Waals surface area (Å²) in [5.74, 6) is -0.0565. The van der Waals surface area contributed by atoms with Gasteiger partial charge in [-0.3, -0.25) is 4.79 Å². The molecule has 0 aromatic heterocycles. The van der Waals surface area contributed by atoms with Gasteiger partial charge >= 0.3 is 5.97 Å². The predicted octanol–water partition coefficient (Wildman–Crippen LogP) is 3.09. The molecule has 0 saturated heterocycles. The highest BCUT2D eigenvalue weighted by molar-refractivity contribution is 5.73. The highest BCUT2D eigenvalue weighted by Gasteiger charge is 2.38. The molecular weight excluding hydrogens is 212 g/mol. The van der Waals surface area contributed by atoms with Crippen molar-refractivity contribution in [1.29, 1.82) is 0 Å². The standard InChI is InChI=1S/C15H20O2/c1-4-15(2)10-12(14(16)17-3)9-11-7-5-6-8-13(11)15/h5-8,12H,4,9-10H2,1-3H3. The molecule has 2 unspecified atom stereocenters. The number of ether oxygens (including phenoxy) is 1. The van der Waals surface area contributed by atoms with Crippen LogP contribution in [0.3, 0.4) is 0 Å². The lowest BCUT2D eigenvalue weighted by Gasteiger charge is -2.38. The third-order valence-electron chi connectivity index (χ3n) is 4.15. The summed E-state index contributed by atoms with van der Waals surface area (Å²) in [5.41, 5.74) is 2.81. The number of rotatable bonds is 2. The van der Waals surface area contributed by atoms with Crippen LogP contribution < -0.4 is 0 Å². The summed E-state index contributed by atoms with van der Waals surface area (Å²) in [5, 5.41) is 0. The minimum Gasteiger partial charge on any atom is -0.469 e. The second kappa shape index (κ2) is 4.52. The van der Waals surface area contributed by atoms with Gasteiger partial charge in [-0.2, -0.15) is 0 Å². The molecule has 0 amide bonds. The smallest absolute Gasteiger partial charge is 0.309 e. The van der Waals surface area contributed by atoms with Crippen LogP contribution in [-0.4, -0.2) is 13.1 Å². The number of hydrogen-bond acceptors (Lipinski definition) is 2. The number of benzene rings is 1. The molecule has 0 saturated carbocycles. The van der Waals surface area contributed by atoms with Gasteiger partial charge in [0.15, 0.2) is 0 Å². The van der Waals surface area contributed by atoms with Gasteiger partial charge in [0.2, 0.25) is 0 Å². The van der Waals surface area contributed by atoms with Crippen LogP contribution in [0.1, 0.15) is 37.8 Å². The molecular formula is C15H20O2. The van der Waals surface area contributed by atoms with Crippen molar-refractivity contribution in [2.45, 2.75) is 38.5 Å². The highest BCUT2D eigenvalue weighted by atomic mass is 16.5. The van der Waals surface area contributed by atoms with Crippen molar-refractivity contribution in [1.82, 2.24) is 0 Å². The number of hydrogen-bond donors (Lipinski definition) is 0. The summed E-state index contributed by atoms with van der Waals surface area (Å²) < 4.78 is 4.90. The van der Waals surface area contributed by atoms with Crippen LogP contribution in [0.25, 0.3) is 0 Å². The fraction of sp³-hybridized carbons (Fsp3) is 0.533. The molecule has 2 atom stereocenters. The van der Waals surface area contributed by atoms with Crippen LogP contribution in [0.15, 0.2) is 24.3 Å². The SMILES string of the molecule is CCC1(C)CC(C(=O)OC)Cc2ccccc21. The Morgan fingerprint density at radius 3 is 2.82 bits per heavy atom. The van der Waals surface area contributed by atoms with Gasteiger partial charge in [0.05, 0.1) is 13.0 Å². The second-order valence-corrected chi connectivity index (χ2v) is 5.20. The zero-order valence-electron chi connectivity index (χ0n) is 10.8. The Morgan fingerprint density at radius 1 is 1.47 bits per heavy atom. The first-order chi connectivity index (χ1) is 8.10. The van der Waals surface area contributed by atoms with Crippen LogP contribution in [-0.2, 0) is 21.4 Å². The van der Waals surface area contributed by atoms with Gasteiger partial charge in [-0.05, 0) is 35.8 Å². The maximum atomic E-state index is 11.8. The minimum atomic E-state index is -0.0702. The average molecular weight is 232 g/mol. The molecule has 0 bridgehead atoms. The van der Waals surface area contributed by atoms with Crippen LogP contribution in [0.5, 0.6) is 0 Å². The first-order valence-electron chi connectivity index (χ1n) is 6.27. The van der Waals surface area contributed by atoms with Gasteiger partial charge in [-0.1, -0.05) is 38.1 Å². The molecule has 0 spiro atoms. The molecule has 1 aliphatic carbocycles. The summed E-state index contributed by atoms with van der Waals surface area (Å²) >= 11 is 0. The van der Waals surface area contributed by atoms with Gasteiger partial charge < -0.3 is 4.74 Å². The monoisotopic (exact) mass is 232 g/mol. The Labute approximate surface area is 103 Å². The zero-order chi connectivity index (χ0) is 12.5. The van der Waals surface area contributed by atoms with Crippen molar-refractivity contribution < 1.29 is 9.53 Å². The molecule has 0 heterocycles. The van der Waals surface area contributed by atoms with Gasteiger partial charge in [0, 0.05) is 0 Å². The fourth-order valence-electron chi connectivity index (χ4n) is 2.95. The van der Waals surface area contributed by atoms with E-state index in [1.807, 2.05) is 0 Å². The van der Waals surface area contributed by atoms with Gasteiger partial charge in [-0.25, -0.2) is 0 Å². The molecule has 0 N–H and O–H groups in total. The zero-order valence-corrected chi connectivity index (χ0v) is 10.8. The van der Waals surface area contributed by atoms with E-state index in [4.69, 9.17) is 4.74 Å². The van der Waals surface area contributed by atoms with Crippen molar-refractivity contribution in [3.63, 3.8) is 0 Å². The highest BCUT2D eigenvalue weighted by Crippen LogP contribution is 2.42. The van der Waals surface area contributed by atoms with Crippen LogP contribution in [0, 0.1) is 5.92 Å². The molecule has 2 nitrogen and oxygen atoms in total. The van der Waals surface area contributed by atoms with E-state index in [2.05, 4.69) is 38.1 Å². The molecule has 1 aromatic carbocycles. The number of esters is 1. The van der Waals surface area contributed by atoms with Crippen molar-refractivity contribution in [3.8, 4) is 0 Å². The Bertz CT molecular complexity index is 425. The first kappa shape index (κ1) is 12.2. The van der Waals surface area contributed by atoms with Gasteiger partial charge in [0.25, 0.3) is 0 Å². The number of methoxy groups -OCH3 is 1. The Morgan fingerprint density at radius 2 is 2.18 bits per heavy atom. The molecule has 2 heteroatoms. The van der Waals surface area contributed by atoms with Gasteiger partial charge in [-0.15, -0.1) is 0 Å². The van der Waals surface area contributed by atoms with Crippen molar-refractivity contribution >= 4 is 5.97 Å². The molecule has 1 aliphatic rings. The first-order valence-corrected chi connectivity index (χ1v) is 6.27. The van der Waals surface area contributed by atoms with Gasteiger partial charge in [0.1, 0.15) is 0 Å². The maximum Gasteiger partial charge on any atom is 0.309 e. The summed E-state index contributed by atoms with van der Waals surface area (Å²) in [7, 11) is 1.48. The predicted molar refractivity (Wildman–Crippen MR) is 67.9 cm³/mol. The van der Waals surface area contributed by atoms with Crippen LogP contribution in [0.4, 0.5) is 0 Å². The quantitative estimate of drug-likeness (QED) is 0.732. The lowest BCUT2D eigenvalue weighted by atomic mass is 9.66. The molecule has 0 radical (unpaired) electrons.